The van der Waals surface area contributed by atoms with E-state index in [2.05, 4.69) is 43.2 Å². The minimum Gasteiger partial charge on any atom is -0.396 e. The highest BCUT2D eigenvalue weighted by Gasteiger charge is 2.02. The second kappa shape index (κ2) is 6.95. The Labute approximate surface area is 105 Å². The Morgan fingerprint density at radius 2 is 2.14 bits per heavy atom. The van der Waals surface area contributed by atoms with Gasteiger partial charge >= 0.3 is 0 Å². The number of hydrogen-bond acceptors (Lipinski definition) is 3. The molecule has 0 aliphatic carbocycles. The summed E-state index contributed by atoms with van der Waals surface area (Å²) in [5, 5.41) is 11.9. The zero-order valence-electron chi connectivity index (χ0n) is 7.72. The summed E-state index contributed by atoms with van der Waals surface area (Å²) in [6, 6.07) is 2.12. The van der Waals surface area contributed by atoms with Crippen LogP contribution in [0, 0.1) is 0 Å². The van der Waals surface area contributed by atoms with E-state index in [1.807, 2.05) is 0 Å². The largest absolute Gasteiger partial charge is 0.396 e. The van der Waals surface area contributed by atoms with Gasteiger partial charge in [0.25, 0.3) is 0 Å². The predicted molar refractivity (Wildman–Crippen MR) is 67.7 cm³/mol. The molecule has 0 atom stereocenters. The Balaban J connectivity index is 2.18. The second-order valence-corrected chi connectivity index (χ2v) is 6.25. The van der Waals surface area contributed by atoms with E-state index in [9.17, 15) is 0 Å². The third kappa shape index (κ3) is 4.40. The van der Waals surface area contributed by atoms with Gasteiger partial charge in [0.15, 0.2) is 0 Å². The molecule has 0 amide bonds. The van der Waals surface area contributed by atoms with Crippen molar-refractivity contribution < 1.29 is 5.11 Å². The van der Waals surface area contributed by atoms with E-state index in [0.29, 0.717) is 0 Å². The molecule has 5 heteroatoms. The van der Waals surface area contributed by atoms with Gasteiger partial charge in [-0.25, -0.2) is 0 Å². The molecule has 2 N–H and O–H groups in total. The first-order valence-corrected chi connectivity index (χ1v) is 6.89. The van der Waals surface area contributed by atoms with Crippen LogP contribution >= 0.6 is 43.2 Å². The number of rotatable bonds is 6. The summed E-state index contributed by atoms with van der Waals surface area (Å²) in [7, 11) is 0. The molecule has 0 unspecified atom stereocenters. The van der Waals surface area contributed by atoms with Crippen LogP contribution in [0.3, 0.4) is 0 Å². The highest BCUT2D eigenvalue weighted by Crippen LogP contribution is 2.32. The molecule has 0 aromatic carbocycles. The lowest BCUT2D eigenvalue weighted by Gasteiger charge is -2.00. The molecule has 0 saturated heterocycles. The topological polar surface area (TPSA) is 32.3 Å². The quantitative estimate of drug-likeness (QED) is 0.778. The van der Waals surface area contributed by atoms with Crippen molar-refractivity contribution in [2.45, 2.75) is 19.4 Å². The Hall–Kier alpha value is 0.580. The van der Waals surface area contributed by atoms with Crippen molar-refractivity contribution in [2.24, 2.45) is 0 Å². The summed E-state index contributed by atoms with van der Waals surface area (Å²) in [6.45, 7) is 2.16. The first kappa shape index (κ1) is 12.6. The number of nitrogens with one attached hydrogen (secondary N) is 1. The normalized spacial score (nSPS) is 10.8. The van der Waals surface area contributed by atoms with Crippen LogP contribution in [0.15, 0.2) is 14.3 Å². The molecular formula is C9H13Br2NOS. The fourth-order valence-corrected chi connectivity index (χ4v) is 3.20. The van der Waals surface area contributed by atoms with Crippen molar-refractivity contribution in [3.05, 3.63) is 19.2 Å². The Morgan fingerprint density at radius 1 is 1.36 bits per heavy atom. The summed E-state index contributed by atoms with van der Waals surface area (Å²) in [4.78, 5) is 1.31. The smallest absolute Gasteiger partial charge is 0.0843 e. The number of hydrogen-bond donors (Lipinski definition) is 2. The molecule has 0 aliphatic rings. The Kier molecular flexibility index (Phi) is 6.28. The molecule has 0 radical (unpaired) electrons. The maximum atomic E-state index is 8.58. The average Bonchev–Trinajstić information content (AvgIpc) is 2.46. The molecule has 80 valence electrons. The van der Waals surface area contributed by atoms with E-state index in [0.717, 1.165) is 34.2 Å². The molecular weight excluding hydrogens is 330 g/mol. The molecule has 1 heterocycles. The molecule has 0 bridgehead atoms. The molecule has 14 heavy (non-hydrogen) atoms. The van der Waals surface area contributed by atoms with Crippen LogP contribution in [0.5, 0.6) is 0 Å². The molecule has 1 rings (SSSR count). The van der Waals surface area contributed by atoms with Crippen LogP contribution in [0.1, 0.15) is 17.7 Å². The van der Waals surface area contributed by atoms with Gasteiger partial charge in [0.1, 0.15) is 0 Å². The van der Waals surface area contributed by atoms with Crippen molar-refractivity contribution in [2.75, 3.05) is 13.2 Å². The van der Waals surface area contributed by atoms with E-state index in [-0.39, 0.29) is 6.61 Å². The van der Waals surface area contributed by atoms with E-state index < -0.39 is 0 Å². The summed E-state index contributed by atoms with van der Waals surface area (Å²) in [5.41, 5.74) is 0. The number of unbranched alkanes of at least 4 members (excludes halogenated alkanes) is 1. The monoisotopic (exact) mass is 341 g/mol. The van der Waals surface area contributed by atoms with Crippen LogP contribution in [0.4, 0.5) is 0 Å². The highest BCUT2D eigenvalue weighted by molar-refractivity contribution is 9.13. The maximum Gasteiger partial charge on any atom is 0.0843 e. The van der Waals surface area contributed by atoms with Gasteiger partial charge in [0, 0.05) is 22.5 Å². The third-order valence-corrected chi connectivity index (χ3v) is 5.01. The number of thiophene rings is 1. The van der Waals surface area contributed by atoms with E-state index >= 15 is 0 Å². The van der Waals surface area contributed by atoms with Gasteiger partial charge < -0.3 is 10.4 Å². The van der Waals surface area contributed by atoms with Crippen LogP contribution in [-0.4, -0.2) is 18.3 Å². The van der Waals surface area contributed by atoms with Gasteiger partial charge in [-0.2, -0.15) is 0 Å². The predicted octanol–water partition coefficient (Wildman–Crippen LogP) is 3.14. The third-order valence-electron chi connectivity index (χ3n) is 1.76. The van der Waals surface area contributed by atoms with Gasteiger partial charge in [-0.05, 0) is 57.3 Å². The standard InChI is InChI=1S/C9H13Br2NOS/c10-8-5-7(14-9(8)11)6-12-3-1-2-4-13/h5,12-13H,1-4,6H2. The Bertz CT molecular complexity index is 258. The average molecular weight is 343 g/mol. The zero-order chi connectivity index (χ0) is 10.4. The minimum atomic E-state index is 0.289. The lowest BCUT2D eigenvalue weighted by molar-refractivity contribution is 0.283. The molecule has 0 saturated carbocycles. The van der Waals surface area contributed by atoms with Crippen LogP contribution < -0.4 is 5.32 Å². The van der Waals surface area contributed by atoms with E-state index in [4.69, 9.17) is 5.11 Å². The first-order chi connectivity index (χ1) is 6.74. The van der Waals surface area contributed by atoms with E-state index in [1.54, 1.807) is 11.3 Å². The summed E-state index contributed by atoms with van der Waals surface area (Å²) in [5.74, 6) is 0. The molecule has 1 aromatic heterocycles. The molecule has 0 fully saturated rings. The summed E-state index contributed by atoms with van der Waals surface area (Å²) < 4.78 is 2.26. The minimum absolute atomic E-state index is 0.289. The van der Waals surface area contributed by atoms with Gasteiger partial charge in [0.2, 0.25) is 0 Å². The molecule has 0 aliphatic heterocycles. The van der Waals surface area contributed by atoms with Crippen molar-refractivity contribution in [1.29, 1.82) is 0 Å². The SMILES string of the molecule is OCCCCNCc1cc(Br)c(Br)s1. The fourth-order valence-electron chi connectivity index (χ4n) is 1.05. The summed E-state index contributed by atoms with van der Waals surface area (Å²) in [6.07, 6.45) is 1.91. The lowest BCUT2D eigenvalue weighted by Crippen LogP contribution is -2.14. The zero-order valence-corrected chi connectivity index (χ0v) is 11.7. The molecule has 0 spiro atoms. The number of aliphatic hydroxyl groups is 1. The van der Waals surface area contributed by atoms with Crippen molar-refractivity contribution in [3.63, 3.8) is 0 Å². The van der Waals surface area contributed by atoms with Gasteiger partial charge in [0.05, 0.1) is 3.79 Å². The van der Waals surface area contributed by atoms with Crippen molar-refractivity contribution >= 4 is 43.2 Å². The summed E-state index contributed by atoms with van der Waals surface area (Å²) >= 11 is 8.65. The van der Waals surface area contributed by atoms with Crippen LogP contribution in [0.25, 0.3) is 0 Å². The van der Waals surface area contributed by atoms with Gasteiger partial charge in [-0.1, -0.05) is 0 Å². The fraction of sp³-hybridized carbons (Fsp3) is 0.556. The van der Waals surface area contributed by atoms with Gasteiger partial charge in [-0.15, -0.1) is 11.3 Å². The molecule has 2 nitrogen and oxygen atoms in total. The second-order valence-electron chi connectivity index (χ2n) is 2.94. The number of halogens is 2. The van der Waals surface area contributed by atoms with Crippen LogP contribution in [-0.2, 0) is 6.54 Å². The maximum absolute atomic E-state index is 8.58. The Morgan fingerprint density at radius 3 is 2.71 bits per heavy atom. The van der Waals surface area contributed by atoms with Crippen molar-refractivity contribution in [3.8, 4) is 0 Å². The van der Waals surface area contributed by atoms with Crippen molar-refractivity contribution in [1.82, 2.24) is 5.32 Å². The highest BCUT2D eigenvalue weighted by atomic mass is 79.9. The van der Waals surface area contributed by atoms with E-state index in [1.165, 1.54) is 4.88 Å². The van der Waals surface area contributed by atoms with Crippen LogP contribution in [0.2, 0.25) is 0 Å². The van der Waals surface area contributed by atoms with Gasteiger partial charge in [-0.3, -0.25) is 0 Å². The number of aliphatic hydroxyl groups excluding tert-OH is 1. The first-order valence-electron chi connectivity index (χ1n) is 4.49. The molecule has 1 aromatic rings. The lowest BCUT2D eigenvalue weighted by atomic mass is 10.3.